The van der Waals surface area contributed by atoms with Gasteiger partial charge in [-0.05, 0) is 36.6 Å². The van der Waals surface area contributed by atoms with E-state index < -0.39 is 0 Å². The van der Waals surface area contributed by atoms with Gasteiger partial charge in [0.2, 0.25) is 0 Å². The molecule has 0 spiro atoms. The topological polar surface area (TPSA) is 15.3 Å². The Kier molecular flexibility index (Phi) is 8.56. The number of nitrogens with zero attached hydrogens (tertiary/aromatic N) is 1. The van der Waals surface area contributed by atoms with Gasteiger partial charge in [-0.15, -0.1) is 0 Å². The van der Waals surface area contributed by atoms with Crippen molar-refractivity contribution in [3.63, 3.8) is 0 Å². The fourth-order valence-electron chi connectivity index (χ4n) is 2.38. The molecule has 1 unspecified atom stereocenters. The highest BCUT2D eigenvalue weighted by molar-refractivity contribution is 5.23. The van der Waals surface area contributed by atoms with Crippen LogP contribution in [0.3, 0.4) is 0 Å². The van der Waals surface area contributed by atoms with Crippen LogP contribution < -0.4 is 5.32 Å². The Bertz CT molecular complexity index is 362. The molecule has 2 heteroatoms. The first-order chi connectivity index (χ1) is 9.69. The summed E-state index contributed by atoms with van der Waals surface area (Å²) < 4.78 is 0. The largest absolute Gasteiger partial charge is 0.313 e. The number of hydrogen-bond acceptors (Lipinski definition) is 2. The van der Waals surface area contributed by atoms with Gasteiger partial charge < -0.3 is 5.32 Å². The van der Waals surface area contributed by atoms with E-state index in [0.717, 1.165) is 32.1 Å². The maximum absolute atomic E-state index is 3.47. The third-order valence-electron chi connectivity index (χ3n) is 3.87. The van der Waals surface area contributed by atoms with Crippen LogP contribution >= 0.6 is 0 Å². The first-order valence-electron chi connectivity index (χ1n) is 8.20. The number of rotatable bonds is 10. The molecule has 0 amide bonds. The van der Waals surface area contributed by atoms with Crippen molar-refractivity contribution >= 4 is 0 Å². The molecule has 114 valence electrons. The maximum atomic E-state index is 3.47. The Morgan fingerprint density at radius 3 is 2.55 bits per heavy atom. The van der Waals surface area contributed by atoms with E-state index >= 15 is 0 Å². The monoisotopic (exact) mass is 276 g/mol. The fourth-order valence-corrected chi connectivity index (χ4v) is 2.38. The summed E-state index contributed by atoms with van der Waals surface area (Å²) in [4.78, 5) is 2.55. The third-order valence-corrected chi connectivity index (χ3v) is 3.87. The Labute approximate surface area is 125 Å². The molecule has 0 heterocycles. The third kappa shape index (κ3) is 6.53. The smallest absolute Gasteiger partial charge is 0.0233 e. The van der Waals surface area contributed by atoms with E-state index in [1.165, 1.54) is 30.5 Å². The lowest BCUT2D eigenvalue weighted by atomic mass is 10.1. The molecule has 1 atom stereocenters. The van der Waals surface area contributed by atoms with Crippen molar-refractivity contribution < 1.29 is 0 Å². The van der Waals surface area contributed by atoms with Crippen molar-refractivity contribution in [3.05, 3.63) is 35.4 Å². The van der Waals surface area contributed by atoms with Gasteiger partial charge in [0.25, 0.3) is 0 Å². The molecule has 1 aromatic carbocycles. The summed E-state index contributed by atoms with van der Waals surface area (Å²) in [6.07, 6.45) is 2.45. The highest BCUT2D eigenvalue weighted by Crippen LogP contribution is 2.11. The summed E-state index contributed by atoms with van der Waals surface area (Å²) in [6.45, 7) is 14.6. The lowest BCUT2D eigenvalue weighted by molar-refractivity contribution is 0.238. The van der Waals surface area contributed by atoms with Crippen molar-refractivity contribution in [2.24, 2.45) is 5.92 Å². The van der Waals surface area contributed by atoms with E-state index in [9.17, 15) is 0 Å². The predicted molar refractivity (Wildman–Crippen MR) is 88.8 cm³/mol. The number of nitrogens with one attached hydrogen (secondary N) is 1. The van der Waals surface area contributed by atoms with Gasteiger partial charge in [-0.25, -0.2) is 0 Å². The number of hydrogen-bond donors (Lipinski definition) is 1. The average molecular weight is 276 g/mol. The lowest BCUT2D eigenvalue weighted by Gasteiger charge is -2.24. The molecule has 0 aliphatic rings. The van der Waals surface area contributed by atoms with Crippen molar-refractivity contribution in [3.8, 4) is 0 Å². The molecule has 20 heavy (non-hydrogen) atoms. The van der Waals surface area contributed by atoms with Crippen molar-refractivity contribution in [1.82, 2.24) is 10.2 Å². The molecule has 0 bridgehead atoms. The molecular weight excluding hydrogens is 244 g/mol. The highest BCUT2D eigenvalue weighted by Gasteiger charge is 2.08. The normalized spacial score (nSPS) is 12.8. The Balaban J connectivity index is 2.54. The standard InChI is InChI=1S/C18H32N2/c1-5-11-19-13-17-9-8-10-18(12-17)15-20(7-3)14-16(4)6-2/h8-10,12,16,19H,5-7,11,13-15H2,1-4H3. The molecule has 1 rings (SSSR count). The summed E-state index contributed by atoms with van der Waals surface area (Å²) in [7, 11) is 0. The molecule has 1 N–H and O–H groups in total. The van der Waals surface area contributed by atoms with Crippen molar-refractivity contribution in [1.29, 1.82) is 0 Å². The first kappa shape index (κ1) is 17.2. The van der Waals surface area contributed by atoms with Gasteiger partial charge in [-0.2, -0.15) is 0 Å². The van der Waals surface area contributed by atoms with Gasteiger partial charge in [-0.1, -0.05) is 58.4 Å². The van der Waals surface area contributed by atoms with Crippen LogP contribution in [0, 0.1) is 5.92 Å². The second-order valence-corrected chi connectivity index (χ2v) is 5.84. The summed E-state index contributed by atoms with van der Waals surface area (Å²) in [5, 5.41) is 3.47. The van der Waals surface area contributed by atoms with Crippen LogP contribution in [0.15, 0.2) is 24.3 Å². The summed E-state index contributed by atoms with van der Waals surface area (Å²) in [5.41, 5.74) is 2.83. The highest BCUT2D eigenvalue weighted by atomic mass is 15.1. The van der Waals surface area contributed by atoms with Crippen LogP contribution in [-0.2, 0) is 13.1 Å². The number of benzene rings is 1. The first-order valence-corrected chi connectivity index (χ1v) is 8.20. The van der Waals surface area contributed by atoms with E-state index in [0.29, 0.717) is 0 Å². The zero-order valence-corrected chi connectivity index (χ0v) is 13.8. The van der Waals surface area contributed by atoms with E-state index in [1.807, 2.05) is 0 Å². The molecule has 0 aromatic heterocycles. The van der Waals surface area contributed by atoms with Crippen LogP contribution in [0.4, 0.5) is 0 Å². The van der Waals surface area contributed by atoms with Crippen LogP contribution in [-0.4, -0.2) is 24.5 Å². The molecule has 0 aliphatic carbocycles. The SMILES string of the molecule is CCCNCc1cccc(CN(CC)CC(C)CC)c1. The lowest BCUT2D eigenvalue weighted by Crippen LogP contribution is -2.27. The Hall–Kier alpha value is -0.860. The van der Waals surface area contributed by atoms with Crippen molar-refractivity contribution in [2.45, 2.75) is 53.6 Å². The predicted octanol–water partition coefficient (Wildman–Crippen LogP) is 4.05. The van der Waals surface area contributed by atoms with Gasteiger partial charge in [-0.3, -0.25) is 4.90 Å². The van der Waals surface area contributed by atoms with E-state index in [2.05, 4.69) is 62.2 Å². The van der Waals surface area contributed by atoms with Gasteiger partial charge in [0.05, 0.1) is 0 Å². The molecule has 1 aromatic rings. The minimum Gasteiger partial charge on any atom is -0.313 e. The second-order valence-electron chi connectivity index (χ2n) is 5.84. The van der Waals surface area contributed by atoms with E-state index in [1.54, 1.807) is 0 Å². The van der Waals surface area contributed by atoms with Gasteiger partial charge in [0.1, 0.15) is 0 Å². The Morgan fingerprint density at radius 1 is 1.15 bits per heavy atom. The van der Waals surface area contributed by atoms with Crippen LogP contribution in [0.25, 0.3) is 0 Å². The zero-order valence-electron chi connectivity index (χ0n) is 13.8. The molecule has 0 radical (unpaired) electrons. The molecule has 2 nitrogen and oxygen atoms in total. The van der Waals surface area contributed by atoms with Gasteiger partial charge in [0, 0.05) is 19.6 Å². The molecule has 0 fully saturated rings. The fraction of sp³-hybridized carbons (Fsp3) is 0.667. The van der Waals surface area contributed by atoms with Gasteiger partial charge in [0.15, 0.2) is 0 Å². The van der Waals surface area contributed by atoms with Crippen molar-refractivity contribution in [2.75, 3.05) is 19.6 Å². The van der Waals surface area contributed by atoms with Crippen LogP contribution in [0.5, 0.6) is 0 Å². The summed E-state index contributed by atoms with van der Waals surface area (Å²) >= 11 is 0. The molecule has 0 saturated heterocycles. The van der Waals surface area contributed by atoms with Gasteiger partial charge >= 0.3 is 0 Å². The summed E-state index contributed by atoms with van der Waals surface area (Å²) in [5.74, 6) is 0.782. The second kappa shape index (κ2) is 9.95. The van der Waals surface area contributed by atoms with E-state index in [4.69, 9.17) is 0 Å². The molecule has 0 aliphatic heterocycles. The van der Waals surface area contributed by atoms with E-state index in [-0.39, 0.29) is 0 Å². The minimum atomic E-state index is 0.782. The maximum Gasteiger partial charge on any atom is 0.0233 e. The Morgan fingerprint density at radius 2 is 1.90 bits per heavy atom. The average Bonchev–Trinajstić information content (AvgIpc) is 2.47. The summed E-state index contributed by atoms with van der Waals surface area (Å²) in [6, 6.07) is 9.01. The molecular formula is C18H32N2. The van der Waals surface area contributed by atoms with Crippen LogP contribution in [0.1, 0.15) is 51.7 Å². The van der Waals surface area contributed by atoms with Crippen LogP contribution in [0.2, 0.25) is 0 Å². The minimum absolute atomic E-state index is 0.782. The quantitative estimate of drug-likeness (QED) is 0.648. The zero-order chi connectivity index (χ0) is 14.8. The molecule has 0 saturated carbocycles.